The smallest absolute Gasteiger partial charge is 0.330 e. The first-order chi connectivity index (χ1) is 18.2. The van der Waals surface area contributed by atoms with Gasteiger partial charge in [0, 0.05) is 36.0 Å². The second-order valence-corrected chi connectivity index (χ2v) is 9.10. The monoisotopic (exact) mass is 526 g/mol. The van der Waals surface area contributed by atoms with E-state index in [1.807, 2.05) is 51.1 Å². The van der Waals surface area contributed by atoms with Crippen molar-refractivity contribution in [3.05, 3.63) is 113 Å². The molecule has 0 amide bonds. The Bertz CT molecular complexity index is 1480. The highest BCUT2D eigenvalue weighted by Crippen LogP contribution is 2.19. The molecule has 11 nitrogen and oxygen atoms in total. The number of ether oxygens (including phenoxy) is 2. The molecule has 0 radical (unpaired) electrons. The predicted octanol–water partition coefficient (Wildman–Crippen LogP) is 1.54. The topological polar surface area (TPSA) is 148 Å². The number of aliphatic hydroxyl groups excluding tert-OH is 1. The summed E-state index contributed by atoms with van der Waals surface area (Å²) in [5.74, 6) is 0.0240. The lowest BCUT2D eigenvalue weighted by atomic mass is 9.98. The average molecular weight is 527 g/mol. The van der Waals surface area contributed by atoms with Crippen molar-refractivity contribution in [2.45, 2.75) is 59.1 Å². The predicted molar refractivity (Wildman–Crippen MR) is 142 cm³/mol. The first-order valence-electron chi connectivity index (χ1n) is 12.4. The Labute approximate surface area is 219 Å². The van der Waals surface area contributed by atoms with Gasteiger partial charge in [0.15, 0.2) is 6.23 Å². The lowest BCUT2D eigenvalue weighted by Gasteiger charge is -2.18. The van der Waals surface area contributed by atoms with Crippen LogP contribution in [0.1, 0.15) is 55.3 Å². The van der Waals surface area contributed by atoms with Crippen molar-refractivity contribution in [2.24, 2.45) is 0 Å². The van der Waals surface area contributed by atoms with Crippen molar-refractivity contribution in [3.63, 3.8) is 0 Å². The van der Waals surface area contributed by atoms with Gasteiger partial charge in [-0.2, -0.15) is 0 Å². The highest BCUT2D eigenvalue weighted by molar-refractivity contribution is 5.28. The maximum atomic E-state index is 12.2. The quantitative estimate of drug-likeness (QED) is 0.377. The minimum Gasteiger partial charge on any atom is -0.393 e. The molecule has 1 aromatic carbocycles. The summed E-state index contributed by atoms with van der Waals surface area (Å²) in [4.78, 5) is 51.6. The van der Waals surface area contributed by atoms with Gasteiger partial charge in [0.1, 0.15) is 12.8 Å². The summed E-state index contributed by atoms with van der Waals surface area (Å²) in [5, 5.41) is 8.88. The molecular weight excluding hydrogens is 492 g/mol. The van der Waals surface area contributed by atoms with Gasteiger partial charge in [0.25, 0.3) is 11.1 Å². The number of hydrogen-bond donors (Lipinski definition) is 3. The molecule has 38 heavy (non-hydrogen) atoms. The third-order valence-corrected chi connectivity index (χ3v) is 5.97. The molecule has 204 valence electrons. The molecule has 4 rings (SSSR count). The van der Waals surface area contributed by atoms with Gasteiger partial charge < -0.3 is 14.6 Å². The van der Waals surface area contributed by atoms with E-state index in [9.17, 15) is 19.2 Å². The van der Waals surface area contributed by atoms with Crippen molar-refractivity contribution < 1.29 is 14.6 Å². The summed E-state index contributed by atoms with van der Waals surface area (Å²) >= 11 is 0. The number of H-pyrrole nitrogens is 2. The fraction of sp³-hybridized carbons (Fsp3) is 0.407. The molecular formula is C27H34N4O7. The van der Waals surface area contributed by atoms with Gasteiger partial charge in [-0.05, 0) is 31.4 Å². The lowest BCUT2D eigenvalue weighted by molar-refractivity contribution is -0.0104. The number of rotatable bonds is 8. The third kappa shape index (κ3) is 6.94. The minimum atomic E-state index is -0.569. The first kappa shape index (κ1) is 28.8. The van der Waals surface area contributed by atoms with Crippen molar-refractivity contribution in [1.82, 2.24) is 19.1 Å². The zero-order chi connectivity index (χ0) is 27.8. The third-order valence-electron chi connectivity index (χ3n) is 5.97. The van der Waals surface area contributed by atoms with Crippen molar-refractivity contribution in [3.8, 4) is 0 Å². The van der Waals surface area contributed by atoms with Crippen LogP contribution >= 0.6 is 0 Å². The molecule has 3 heterocycles. The number of hydrogen-bond acceptors (Lipinski definition) is 7. The normalized spacial score (nSPS) is 16.5. The molecule has 1 aliphatic rings. The van der Waals surface area contributed by atoms with Crippen molar-refractivity contribution in [2.75, 3.05) is 13.2 Å². The van der Waals surface area contributed by atoms with Gasteiger partial charge in [-0.3, -0.25) is 28.7 Å². The molecule has 0 unspecified atom stereocenters. The Hall–Kier alpha value is -3.80. The van der Waals surface area contributed by atoms with Gasteiger partial charge in [0.05, 0.1) is 6.61 Å². The van der Waals surface area contributed by atoms with E-state index < -0.39 is 29.3 Å². The minimum absolute atomic E-state index is 0.0240. The molecule has 2 atom stereocenters. The van der Waals surface area contributed by atoms with Crippen LogP contribution < -0.4 is 22.5 Å². The highest BCUT2D eigenvalue weighted by Gasteiger charge is 2.21. The number of nitrogens with one attached hydrogen (secondary N) is 2. The highest BCUT2D eigenvalue weighted by atomic mass is 16.5. The number of aromatic amines is 2. The zero-order valence-corrected chi connectivity index (χ0v) is 22.0. The van der Waals surface area contributed by atoms with E-state index in [1.54, 1.807) is 19.1 Å². The zero-order valence-electron chi connectivity index (χ0n) is 22.0. The second kappa shape index (κ2) is 13.1. The fourth-order valence-corrected chi connectivity index (χ4v) is 4.05. The van der Waals surface area contributed by atoms with Crippen LogP contribution in [0, 0.1) is 6.92 Å². The Balaban J connectivity index is 0.000000221. The van der Waals surface area contributed by atoms with E-state index in [4.69, 9.17) is 14.6 Å². The van der Waals surface area contributed by atoms with E-state index in [1.165, 1.54) is 15.3 Å². The van der Waals surface area contributed by atoms with Gasteiger partial charge in [-0.1, -0.05) is 50.3 Å². The molecule has 11 heteroatoms. The summed E-state index contributed by atoms with van der Waals surface area (Å²) in [5.41, 5.74) is 1.20. The number of benzene rings is 1. The Morgan fingerprint density at radius 2 is 1.71 bits per heavy atom. The second-order valence-electron chi connectivity index (χ2n) is 9.10. The molecule has 0 fully saturated rings. The lowest BCUT2D eigenvalue weighted by Crippen LogP contribution is -2.36. The van der Waals surface area contributed by atoms with Gasteiger partial charge in [-0.25, -0.2) is 9.59 Å². The van der Waals surface area contributed by atoms with Crippen LogP contribution in [0.5, 0.6) is 0 Å². The van der Waals surface area contributed by atoms with Crippen molar-refractivity contribution in [1.29, 1.82) is 0 Å². The molecule has 0 saturated carbocycles. The number of nitrogens with zero attached hydrogens (tertiary/aromatic N) is 2. The summed E-state index contributed by atoms with van der Waals surface area (Å²) in [6, 6.07) is 9.81. The summed E-state index contributed by atoms with van der Waals surface area (Å²) in [6.45, 7) is 7.91. The molecule has 0 bridgehead atoms. The SMILES string of the molecule is CCOCn1c(Cc2ccccc2)c(C(C)C)c(=O)[nH]c1=O.Cc1cn([C@H]2C=C[C@@H](CO)O2)c(=O)[nH]c1=O. The van der Waals surface area contributed by atoms with E-state index >= 15 is 0 Å². The van der Waals surface area contributed by atoms with Crippen LogP contribution in [0.15, 0.2) is 67.9 Å². The first-order valence-corrected chi connectivity index (χ1v) is 12.4. The molecule has 2 aromatic heterocycles. The van der Waals surface area contributed by atoms with E-state index in [0.717, 1.165) is 11.3 Å². The molecule has 0 spiro atoms. The fourth-order valence-electron chi connectivity index (χ4n) is 4.05. The van der Waals surface area contributed by atoms with Crippen LogP contribution in [-0.2, 0) is 22.6 Å². The Morgan fingerprint density at radius 1 is 1.03 bits per heavy atom. The molecule has 3 aromatic rings. The Kier molecular flexibility index (Phi) is 9.94. The standard InChI is InChI=1S/C17H22N2O3.C10H12N2O4/c1-4-22-11-19-14(10-13-8-6-5-7-9-13)15(12(2)3)16(20)18-17(19)21;1-6-4-12(10(15)11-9(6)14)8-3-2-7(5-13)16-8/h5-9,12H,4,10-11H2,1-3H3,(H,18,20,21);2-4,7-8,13H,5H2,1H3,(H,11,14,15)/t;7-,8+/m.0/s1. The number of aromatic nitrogens is 4. The maximum absolute atomic E-state index is 12.2. The van der Waals surface area contributed by atoms with Gasteiger partial charge >= 0.3 is 11.4 Å². The summed E-state index contributed by atoms with van der Waals surface area (Å²) < 4.78 is 13.5. The van der Waals surface area contributed by atoms with Crippen molar-refractivity contribution >= 4 is 0 Å². The molecule has 1 aliphatic heterocycles. The van der Waals surface area contributed by atoms with Crippen LogP contribution in [0.4, 0.5) is 0 Å². The van der Waals surface area contributed by atoms with Gasteiger partial charge in [0.2, 0.25) is 0 Å². The molecule has 0 aliphatic carbocycles. The summed E-state index contributed by atoms with van der Waals surface area (Å²) in [7, 11) is 0. The van der Waals surface area contributed by atoms with E-state index in [-0.39, 0.29) is 24.8 Å². The van der Waals surface area contributed by atoms with Crippen LogP contribution in [-0.4, -0.2) is 43.5 Å². The maximum Gasteiger partial charge on any atom is 0.330 e. The van der Waals surface area contributed by atoms with E-state index in [0.29, 0.717) is 24.2 Å². The van der Waals surface area contributed by atoms with Crippen LogP contribution in [0.3, 0.4) is 0 Å². The van der Waals surface area contributed by atoms with Crippen LogP contribution in [0.25, 0.3) is 0 Å². The molecule has 3 N–H and O–H groups in total. The number of aryl methyl sites for hydroxylation is 1. The molecule has 0 saturated heterocycles. The van der Waals surface area contributed by atoms with Crippen LogP contribution in [0.2, 0.25) is 0 Å². The number of aliphatic hydroxyl groups is 1. The average Bonchev–Trinajstić information content (AvgIpc) is 3.36. The van der Waals surface area contributed by atoms with E-state index in [2.05, 4.69) is 9.97 Å². The Morgan fingerprint density at radius 3 is 2.32 bits per heavy atom. The van der Waals surface area contributed by atoms with Gasteiger partial charge in [-0.15, -0.1) is 0 Å². The largest absolute Gasteiger partial charge is 0.393 e. The summed E-state index contributed by atoms with van der Waals surface area (Å²) in [6.07, 6.45) is 4.35.